The minimum absolute atomic E-state index is 0.487. The van der Waals surface area contributed by atoms with Gasteiger partial charge in [0.1, 0.15) is 0 Å². The molecule has 0 aliphatic heterocycles. The van der Waals surface area contributed by atoms with Crippen molar-refractivity contribution in [1.82, 2.24) is 0 Å². The van der Waals surface area contributed by atoms with E-state index in [4.69, 9.17) is 5.73 Å². The van der Waals surface area contributed by atoms with Crippen molar-refractivity contribution < 1.29 is 4.21 Å². The second-order valence-corrected chi connectivity index (χ2v) is 5.65. The Labute approximate surface area is 110 Å². The van der Waals surface area contributed by atoms with Gasteiger partial charge >= 0.3 is 0 Å². The Morgan fingerprint density at radius 1 is 1.00 bits per heavy atom. The molecule has 0 saturated carbocycles. The molecule has 1 unspecified atom stereocenters. The van der Waals surface area contributed by atoms with Gasteiger partial charge in [0, 0.05) is 11.4 Å². The monoisotopic (exact) mass is 259 g/mol. The SMILES string of the molecule is Cc1ccccc1S(=O)Cc1ccccc1CN. The van der Waals surface area contributed by atoms with E-state index in [1.54, 1.807) is 0 Å². The molecule has 0 aliphatic carbocycles. The molecule has 2 aromatic carbocycles. The van der Waals surface area contributed by atoms with Gasteiger partial charge in [0.25, 0.3) is 0 Å². The predicted molar refractivity (Wildman–Crippen MR) is 75.6 cm³/mol. The summed E-state index contributed by atoms with van der Waals surface area (Å²) in [6.45, 7) is 2.48. The summed E-state index contributed by atoms with van der Waals surface area (Å²) in [6, 6.07) is 15.7. The smallest absolute Gasteiger partial charge is 0.0576 e. The Morgan fingerprint density at radius 2 is 1.61 bits per heavy atom. The fraction of sp³-hybridized carbons (Fsp3) is 0.200. The zero-order chi connectivity index (χ0) is 13.0. The van der Waals surface area contributed by atoms with E-state index in [0.717, 1.165) is 21.6 Å². The van der Waals surface area contributed by atoms with Gasteiger partial charge in [-0.25, -0.2) is 0 Å². The second kappa shape index (κ2) is 5.94. The normalized spacial score (nSPS) is 12.3. The van der Waals surface area contributed by atoms with Crippen LogP contribution < -0.4 is 5.73 Å². The molecule has 18 heavy (non-hydrogen) atoms. The quantitative estimate of drug-likeness (QED) is 0.917. The van der Waals surface area contributed by atoms with E-state index in [1.807, 2.05) is 55.5 Å². The summed E-state index contributed by atoms with van der Waals surface area (Å²) < 4.78 is 12.4. The van der Waals surface area contributed by atoms with Crippen LogP contribution in [0.2, 0.25) is 0 Å². The number of hydrogen-bond donors (Lipinski definition) is 1. The summed E-state index contributed by atoms with van der Waals surface area (Å²) >= 11 is 0. The first kappa shape index (κ1) is 13.0. The van der Waals surface area contributed by atoms with Gasteiger partial charge in [-0.1, -0.05) is 42.5 Å². The van der Waals surface area contributed by atoms with Crippen molar-refractivity contribution in [3.8, 4) is 0 Å². The summed E-state index contributed by atoms with van der Waals surface area (Å²) in [6.07, 6.45) is 0. The maximum Gasteiger partial charge on any atom is 0.0576 e. The summed E-state index contributed by atoms with van der Waals surface area (Å²) in [4.78, 5) is 0.907. The Hall–Kier alpha value is -1.45. The zero-order valence-corrected chi connectivity index (χ0v) is 11.2. The topological polar surface area (TPSA) is 43.1 Å². The number of hydrogen-bond acceptors (Lipinski definition) is 2. The highest BCUT2D eigenvalue weighted by atomic mass is 32.2. The lowest BCUT2D eigenvalue weighted by atomic mass is 10.1. The molecule has 2 aromatic rings. The van der Waals surface area contributed by atoms with Gasteiger partial charge in [0.05, 0.1) is 16.6 Å². The first-order valence-corrected chi connectivity index (χ1v) is 7.25. The maximum absolute atomic E-state index is 12.4. The van der Waals surface area contributed by atoms with Crippen LogP contribution in [0.25, 0.3) is 0 Å². The molecule has 2 rings (SSSR count). The third kappa shape index (κ3) is 2.86. The summed E-state index contributed by atoms with van der Waals surface area (Å²) in [5, 5.41) is 0. The zero-order valence-electron chi connectivity index (χ0n) is 10.4. The van der Waals surface area contributed by atoms with Crippen LogP contribution in [-0.4, -0.2) is 4.21 Å². The van der Waals surface area contributed by atoms with Crippen LogP contribution in [0.3, 0.4) is 0 Å². The molecular formula is C15H17NOS. The van der Waals surface area contributed by atoms with Gasteiger partial charge in [-0.2, -0.15) is 0 Å². The summed E-state index contributed by atoms with van der Waals surface area (Å²) in [5.74, 6) is 0.526. The molecule has 0 saturated heterocycles. The lowest BCUT2D eigenvalue weighted by molar-refractivity contribution is 0.682. The molecule has 0 fully saturated rings. The Morgan fingerprint density at radius 3 is 2.28 bits per heavy atom. The third-order valence-corrected chi connectivity index (χ3v) is 4.49. The van der Waals surface area contributed by atoms with Crippen molar-refractivity contribution in [3.63, 3.8) is 0 Å². The molecule has 2 N–H and O–H groups in total. The van der Waals surface area contributed by atoms with Crippen LogP contribution in [0.5, 0.6) is 0 Å². The van der Waals surface area contributed by atoms with Crippen molar-refractivity contribution in [1.29, 1.82) is 0 Å². The Balaban J connectivity index is 2.24. The standard InChI is InChI=1S/C15H17NOS/c1-12-6-2-5-9-15(12)18(17)11-14-8-4-3-7-13(14)10-16/h2-9H,10-11,16H2,1H3. The van der Waals surface area contributed by atoms with Gasteiger partial charge < -0.3 is 5.73 Å². The fourth-order valence-electron chi connectivity index (χ4n) is 1.93. The molecule has 1 atom stereocenters. The average molecular weight is 259 g/mol. The van der Waals surface area contributed by atoms with Crippen LogP contribution in [0.1, 0.15) is 16.7 Å². The molecule has 0 spiro atoms. The van der Waals surface area contributed by atoms with Crippen molar-refractivity contribution in [2.45, 2.75) is 24.1 Å². The van der Waals surface area contributed by atoms with E-state index in [-0.39, 0.29) is 0 Å². The summed E-state index contributed by atoms with van der Waals surface area (Å²) in [7, 11) is -1.01. The molecule has 2 nitrogen and oxygen atoms in total. The summed E-state index contributed by atoms with van der Waals surface area (Å²) in [5.41, 5.74) is 8.91. The third-order valence-electron chi connectivity index (χ3n) is 2.96. The van der Waals surface area contributed by atoms with E-state index in [9.17, 15) is 4.21 Å². The first-order chi connectivity index (χ1) is 8.72. The fourth-order valence-corrected chi connectivity index (χ4v) is 3.31. The van der Waals surface area contributed by atoms with E-state index >= 15 is 0 Å². The van der Waals surface area contributed by atoms with Crippen LogP contribution in [-0.2, 0) is 23.1 Å². The highest BCUT2D eigenvalue weighted by Gasteiger charge is 2.09. The molecule has 0 heterocycles. The maximum atomic E-state index is 12.4. The van der Waals surface area contributed by atoms with Crippen LogP contribution >= 0.6 is 0 Å². The van der Waals surface area contributed by atoms with E-state index in [0.29, 0.717) is 12.3 Å². The van der Waals surface area contributed by atoms with Gasteiger partial charge in [-0.15, -0.1) is 0 Å². The minimum atomic E-state index is -1.01. The van der Waals surface area contributed by atoms with E-state index in [2.05, 4.69) is 0 Å². The lowest BCUT2D eigenvalue weighted by Gasteiger charge is -2.09. The lowest BCUT2D eigenvalue weighted by Crippen LogP contribution is -2.05. The van der Waals surface area contributed by atoms with Gasteiger partial charge in [-0.3, -0.25) is 4.21 Å². The van der Waals surface area contributed by atoms with Gasteiger partial charge in [0.2, 0.25) is 0 Å². The number of nitrogens with two attached hydrogens (primary N) is 1. The highest BCUT2D eigenvalue weighted by Crippen LogP contribution is 2.18. The van der Waals surface area contributed by atoms with Crippen molar-refractivity contribution in [2.75, 3.05) is 0 Å². The van der Waals surface area contributed by atoms with Crippen LogP contribution in [0.4, 0.5) is 0 Å². The van der Waals surface area contributed by atoms with Crippen LogP contribution in [0, 0.1) is 6.92 Å². The number of aryl methyl sites for hydroxylation is 1. The molecule has 3 heteroatoms. The molecule has 0 aliphatic rings. The minimum Gasteiger partial charge on any atom is -0.326 e. The first-order valence-electron chi connectivity index (χ1n) is 5.93. The predicted octanol–water partition coefficient (Wildman–Crippen LogP) is 2.76. The number of rotatable bonds is 4. The van der Waals surface area contributed by atoms with Crippen molar-refractivity contribution >= 4 is 10.8 Å². The number of benzene rings is 2. The van der Waals surface area contributed by atoms with Gasteiger partial charge in [-0.05, 0) is 29.7 Å². The molecule has 94 valence electrons. The molecule has 0 aromatic heterocycles. The van der Waals surface area contributed by atoms with E-state index < -0.39 is 10.8 Å². The average Bonchev–Trinajstić information content (AvgIpc) is 2.39. The largest absolute Gasteiger partial charge is 0.326 e. The second-order valence-electron chi connectivity index (χ2n) is 4.23. The Kier molecular flexibility index (Phi) is 4.28. The molecule has 0 radical (unpaired) electrons. The van der Waals surface area contributed by atoms with Crippen molar-refractivity contribution in [2.24, 2.45) is 5.73 Å². The van der Waals surface area contributed by atoms with E-state index in [1.165, 1.54) is 0 Å². The van der Waals surface area contributed by atoms with Gasteiger partial charge in [0.15, 0.2) is 0 Å². The molecule has 0 amide bonds. The van der Waals surface area contributed by atoms with Crippen LogP contribution in [0.15, 0.2) is 53.4 Å². The molecule has 0 bridgehead atoms. The molecular weight excluding hydrogens is 242 g/mol. The highest BCUT2D eigenvalue weighted by molar-refractivity contribution is 7.84. The Bertz CT molecular complexity index is 566. The van der Waals surface area contributed by atoms with Crippen molar-refractivity contribution in [3.05, 3.63) is 65.2 Å².